The van der Waals surface area contributed by atoms with Crippen LogP contribution in [0.5, 0.6) is 0 Å². The molecule has 0 aromatic heterocycles. The molecule has 0 fully saturated rings. The van der Waals surface area contributed by atoms with E-state index in [1.807, 2.05) is 115 Å². The molecule has 0 unspecified atom stereocenters. The molecule has 0 saturated heterocycles. The van der Waals surface area contributed by atoms with Gasteiger partial charge in [-0.15, -0.1) is 0 Å². The highest BCUT2D eigenvalue weighted by Crippen LogP contribution is 2.26. The maximum Gasteiger partial charge on any atom is 0.411 e. The van der Waals surface area contributed by atoms with Crippen molar-refractivity contribution in [2.45, 2.75) is 83.2 Å². The second-order valence-corrected chi connectivity index (χ2v) is 14.3. The molecular formula is C43H50N4O6. The van der Waals surface area contributed by atoms with E-state index in [9.17, 15) is 19.2 Å². The highest BCUT2D eigenvalue weighted by Gasteiger charge is 2.35. The van der Waals surface area contributed by atoms with E-state index in [0.717, 1.165) is 27.8 Å². The monoisotopic (exact) mass is 718 g/mol. The zero-order chi connectivity index (χ0) is 37.6. The van der Waals surface area contributed by atoms with Gasteiger partial charge in [-0.2, -0.15) is 0 Å². The van der Waals surface area contributed by atoms with Crippen molar-refractivity contribution in [3.05, 3.63) is 143 Å². The molecule has 0 spiro atoms. The van der Waals surface area contributed by atoms with Crippen LogP contribution >= 0.6 is 0 Å². The summed E-state index contributed by atoms with van der Waals surface area (Å²) in [4.78, 5) is 54.8. The number of ether oxygens (including phenoxy) is 2. The Hall–Kier alpha value is -5.64. The summed E-state index contributed by atoms with van der Waals surface area (Å²) in [6, 6.07) is 35.6. The Morgan fingerprint density at radius 3 is 1.96 bits per heavy atom. The largest absolute Gasteiger partial charge is 0.445 e. The van der Waals surface area contributed by atoms with Crippen molar-refractivity contribution in [1.82, 2.24) is 20.9 Å². The lowest BCUT2D eigenvalue weighted by Crippen LogP contribution is -2.52. The Kier molecular flexibility index (Phi) is 13.6. The molecule has 4 aromatic carbocycles. The molecule has 1 heterocycles. The number of benzene rings is 4. The van der Waals surface area contributed by atoms with Crippen molar-refractivity contribution >= 4 is 24.0 Å². The lowest BCUT2D eigenvalue weighted by atomic mass is 9.91. The lowest BCUT2D eigenvalue weighted by Gasteiger charge is -2.35. The molecule has 0 saturated carbocycles. The normalized spacial score (nSPS) is 14.4. The highest BCUT2D eigenvalue weighted by atomic mass is 16.6. The Balaban J connectivity index is 1.18. The fraction of sp³-hybridized carbons (Fsp3) is 0.349. The number of hydrogen-bond acceptors (Lipinski definition) is 6. The summed E-state index contributed by atoms with van der Waals surface area (Å²) in [5.41, 5.74) is 4.26. The van der Waals surface area contributed by atoms with Crippen molar-refractivity contribution in [2.75, 3.05) is 13.1 Å². The van der Waals surface area contributed by atoms with Crippen molar-refractivity contribution < 1.29 is 28.7 Å². The van der Waals surface area contributed by atoms with Crippen LogP contribution in [0.3, 0.4) is 0 Å². The van der Waals surface area contributed by atoms with E-state index in [2.05, 4.69) is 16.0 Å². The first-order valence-corrected chi connectivity index (χ1v) is 18.3. The highest BCUT2D eigenvalue weighted by molar-refractivity contribution is 5.87. The van der Waals surface area contributed by atoms with Crippen LogP contribution in [0.1, 0.15) is 73.8 Å². The smallest absolute Gasteiger partial charge is 0.411 e. The van der Waals surface area contributed by atoms with Gasteiger partial charge in [0, 0.05) is 25.4 Å². The Labute approximate surface area is 312 Å². The summed E-state index contributed by atoms with van der Waals surface area (Å²) in [5.74, 6) is -0.673. The summed E-state index contributed by atoms with van der Waals surface area (Å²) >= 11 is 0. The second kappa shape index (κ2) is 18.7. The molecule has 5 rings (SSSR count). The first-order valence-electron chi connectivity index (χ1n) is 18.3. The van der Waals surface area contributed by atoms with Gasteiger partial charge in [-0.25, -0.2) is 9.59 Å². The molecule has 53 heavy (non-hydrogen) atoms. The van der Waals surface area contributed by atoms with Crippen molar-refractivity contribution in [3.63, 3.8) is 0 Å². The molecule has 4 amide bonds. The Morgan fingerprint density at radius 2 is 1.34 bits per heavy atom. The van der Waals surface area contributed by atoms with Gasteiger partial charge in [-0.3, -0.25) is 14.5 Å². The number of alkyl carbamates (subject to hydrolysis) is 1. The SMILES string of the molecule is CC(C)(C)OC(=O)N[C@@H](CCCCNC(=O)[C@@H]1Cc2ccccc2CN1C(=O)OCc1ccccc1)C(=O)NCC(c1ccccc1)c1ccccc1. The fourth-order valence-corrected chi connectivity index (χ4v) is 6.40. The number of unbranched alkanes of at least 4 members (excludes halogenated alkanes) is 1. The quantitative estimate of drug-likeness (QED) is 0.122. The van der Waals surface area contributed by atoms with E-state index >= 15 is 0 Å². The molecule has 0 radical (unpaired) electrons. The van der Waals surface area contributed by atoms with Gasteiger partial charge < -0.3 is 25.4 Å². The van der Waals surface area contributed by atoms with Crippen molar-refractivity contribution in [1.29, 1.82) is 0 Å². The minimum absolute atomic E-state index is 0.0827. The van der Waals surface area contributed by atoms with Crippen LogP contribution in [0.4, 0.5) is 9.59 Å². The minimum atomic E-state index is -0.850. The molecule has 1 aliphatic heterocycles. The molecule has 4 aromatic rings. The van der Waals surface area contributed by atoms with Crippen molar-refractivity contribution in [2.24, 2.45) is 0 Å². The molecule has 2 atom stereocenters. The number of carbonyl (C=O) groups is 4. The van der Waals surface area contributed by atoms with Crippen LogP contribution in [0.25, 0.3) is 0 Å². The van der Waals surface area contributed by atoms with Gasteiger partial charge in [-0.1, -0.05) is 115 Å². The number of amides is 4. The number of nitrogens with one attached hydrogen (secondary N) is 3. The number of rotatable bonds is 14. The first kappa shape index (κ1) is 38.6. The average Bonchev–Trinajstić information content (AvgIpc) is 3.16. The number of carbonyl (C=O) groups excluding carboxylic acids is 4. The predicted molar refractivity (Wildman–Crippen MR) is 204 cm³/mol. The number of hydrogen-bond donors (Lipinski definition) is 3. The molecule has 0 bridgehead atoms. The van der Waals surface area contributed by atoms with Gasteiger partial charge in [0.25, 0.3) is 0 Å². The van der Waals surface area contributed by atoms with E-state index in [1.54, 1.807) is 20.8 Å². The van der Waals surface area contributed by atoms with Gasteiger partial charge in [0.2, 0.25) is 11.8 Å². The van der Waals surface area contributed by atoms with Gasteiger partial charge in [0.15, 0.2) is 0 Å². The van der Waals surface area contributed by atoms with Gasteiger partial charge in [0.1, 0.15) is 24.3 Å². The summed E-state index contributed by atoms with van der Waals surface area (Å²) in [5, 5.41) is 8.82. The fourth-order valence-electron chi connectivity index (χ4n) is 6.40. The lowest BCUT2D eigenvalue weighted by molar-refractivity contribution is -0.126. The summed E-state index contributed by atoms with van der Waals surface area (Å²) in [6.07, 6.45) is 0.557. The Morgan fingerprint density at radius 1 is 0.755 bits per heavy atom. The summed E-state index contributed by atoms with van der Waals surface area (Å²) in [6.45, 7) is 6.35. The van der Waals surface area contributed by atoms with Crippen LogP contribution < -0.4 is 16.0 Å². The molecule has 278 valence electrons. The van der Waals surface area contributed by atoms with E-state index < -0.39 is 29.9 Å². The van der Waals surface area contributed by atoms with Gasteiger partial charge in [0.05, 0.1) is 6.54 Å². The average molecular weight is 719 g/mol. The molecule has 1 aliphatic rings. The molecule has 10 nitrogen and oxygen atoms in total. The van der Waals surface area contributed by atoms with E-state index in [0.29, 0.717) is 38.8 Å². The van der Waals surface area contributed by atoms with Crippen LogP contribution in [0.2, 0.25) is 0 Å². The third-order valence-corrected chi connectivity index (χ3v) is 9.10. The third-order valence-electron chi connectivity index (χ3n) is 9.10. The van der Waals surface area contributed by atoms with Gasteiger partial charge in [-0.05, 0) is 67.9 Å². The predicted octanol–water partition coefficient (Wildman–Crippen LogP) is 6.88. The van der Waals surface area contributed by atoms with E-state index in [4.69, 9.17) is 9.47 Å². The zero-order valence-corrected chi connectivity index (χ0v) is 30.8. The number of nitrogens with zero attached hydrogens (tertiary/aromatic N) is 1. The second-order valence-electron chi connectivity index (χ2n) is 14.3. The van der Waals surface area contributed by atoms with Crippen LogP contribution in [0, 0.1) is 0 Å². The summed E-state index contributed by atoms with van der Waals surface area (Å²) in [7, 11) is 0. The standard InChI is InChI=1S/C43H50N4O6/c1-43(2,3)53-41(50)46-37(39(48)45-28-36(32-19-9-5-10-20-32)33-21-11-6-12-22-33)25-15-16-26-44-40(49)38-27-34-23-13-14-24-35(34)29-47(38)42(51)52-30-31-17-7-4-8-18-31/h4-14,17-24,36-38H,15-16,25-30H2,1-3H3,(H,44,49)(H,45,48)(H,46,50)/t37-,38-/m0/s1. The van der Waals surface area contributed by atoms with Crippen molar-refractivity contribution in [3.8, 4) is 0 Å². The third kappa shape index (κ3) is 11.7. The summed E-state index contributed by atoms with van der Waals surface area (Å²) < 4.78 is 11.1. The maximum absolute atomic E-state index is 13.6. The minimum Gasteiger partial charge on any atom is -0.445 e. The van der Waals surface area contributed by atoms with E-state index in [1.165, 1.54) is 4.90 Å². The van der Waals surface area contributed by atoms with Crippen LogP contribution in [0.15, 0.2) is 115 Å². The van der Waals surface area contributed by atoms with E-state index in [-0.39, 0.29) is 30.9 Å². The van der Waals surface area contributed by atoms with Gasteiger partial charge >= 0.3 is 12.2 Å². The molecule has 10 heteroatoms. The zero-order valence-electron chi connectivity index (χ0n) is 30.8. The molecule has 3 N–H and O–H groups in total. The van der Waals surface area contributed by atoms with Crippen LogP contribution in [-0.4, -0.2) is 59.7 Å². The topological polar surface area (TPSA) is 126 Å². The first-order chi connectivity index (χ1) is 25.6. The number of fused-ring (bicyclic) bond motifs is 1. The van der Waals surface area contributed by atoms with Crippen LogP contribution in [-0.2, 0) is 38.6 Å². The molecular weight excluding hydrogens is 668 g/mol. The maximum atomic E-state index is 13.6. The Bertz CT molecular complexity index is 1760. The molecule has 0 aliphatic carbocycles.